The lowest BCUT2D eigenvalue weighted by Gasteiger charge is -2.12. The highest BCUT2D eigenvalue weighted by Gasteiger charge is 2.08. The second-order valence-corrected chi connectivity index (χ2v) is 4.38. The molecule has 1 aromatic rings. The van der Waals surface area contributed by atoms with Gasteiger partial charge in [0, 0.05) is 25.2 Å². The van der Waals surface area contributed by atoms with Crippen LogP contribution in [-0.2, 0) is 0 Å². The summed E-state index contributed by atoms with van der Waals surface area (Å²) in [5.41, 5.74) is 8.71. The number of nitrogens with two attached hydrogens (primary N) is 1. The van der Waals surface area contributed by atoms with Gasteiger partial charge in [0.15, 0.2) is 0 Å². The van der Waals surface area contributed by atoms with Gasteiger partial charge in [0.25, 0.3) is 0 Å². The highest BCUT2D eigenvalue weighted by atomic mass is 16.5. The molecule has 1 saturated heterocycles. The van der Waals surface area contributed by atoms with E-state index in [1.807, 2.05) is 32.1 Å². The Morgan fingerprint density at radius 2 is 1.74 bits per heavy atom. The normalized spacial score (nSPS) is 13.4. The Morgan fingerprint density at radius 3 is 2.05 bits per heavy atom. The molecule has 0 aliphatic carbocycles. The molecule has 4 nitrogen and oxygen atoms in total. The molecule has 0 spiro atoms. The summed E-state index contributed by atoms with van der Waals surface area (Å²) in [6, 6.07) is 4.00. The van der Waals surface area contributed by atoms with Gasteiger partial charge in [-0.1, -0.05) is 6.08 Å². The van der Waals surface area contributed by atoms with Gasteiger partial charge in [0.2, 0.25) is 0 Å². The molecule has 1 aromatic carbocycles. The van der Waals surface area contributed by atoms with Crippen LogP contribution in [0.5, 0.6) is 11.5 Å². The number of hydrogen-bond donors (Lipinski definition) is 2. The summed E-state index contributed by atoms with van der Waals surface area (Å²) in [6.07, 6.45) is 1.98. The molecule has 0 amide bonds. The average Bonchev–Trinajstić information content (AvgIpc) is 3.27. The Balaban J connectivity index is 0.000000524. The largest absolute Gasteiger partial charge is 0.496 e. The van der Waals surface area contributed by atoms with Crippen LogP contribution in [0.15, 0.2) is 18.2 Å². The summed E-state index contributed by atoms with van der Waals surface area (Å²) < 4.78 is 10.6. The van der Waals surface area contributed by atoms with Crippen molar-refractivity contribution in [2.24, 2.45) is 5.73 Å². The number of allylic oxidation sites excluding steroid dienone is 1. The molecule has 1 aliphatic rings. The Morgan fingerprint density at radius 1 is 1.26 bits per heavy atom. The van der Waals surface area contributed by atoms with Crippen molar-refractivity contribution in [1.29, 1.82) is 0 Å². The van der Waals surface area contributed by atoms with E-state index in [0.29, 0.717) is 6.54 Å². The van der Waals surface area contributed by atoms with Gasteiger partial charge in [-0.15, -0.1) is 0 Å². The fourth-order valence-electron chi connectivity index (χ4n) is 1.61. The van der Waals surface area contributed by atoms with Crippen molar-refractivity contribution in [1.82, 2.24) is 5.32 Å². The van der Waals surface area contributed by atoms with Gasteiger partial charge in [-0.25, -0.2) is 0 Å². The molecule has 1 heterocycles. The third-order valence-corrected chi connectivity index (χ3v) is 2.88. The van der Waals surface area contributed by atoms with E-state index in [1.54, 1.807) is 14.2 Å². The molecule has 19 heavy (non-hydrogen) atoms. The lowest BCUT2D eigenvalue weighted by Crippen LogP contribution is -1.97. The SMILES string of the molecule is C1CN1.COc1cc(/C(C)=C/CN)cc(OC)c1C. The molecular formula is C15H24N2O2. The first-order chi connectivity index (χ1) is 9.13. The third kappa shape index (κ3) is 4.93. The van der Waals surface area contributed by atoms with E-state index in [2.05, 4.69) is 5.32 Å². The smallest absolute Gasteiger partial charge is 0.126 e. The fraction of sp³-hybridized carbons (Fsp3) is 0.467. The zero-order valence-electron chi connectivity index (χ0n) is 12.2. The first-order valence-corrected chi connectivity index (χ1v) is 6.44. The summed E-state index contributed by atoms with van der Waals surface area (Å²) in [5.74, 6) is 1.67. The highest BCUT2D eigenvalue weighted by molar-refractivity contribution is 5.68. The second kappa shape index (κ2) is 7.81. The van der Waals surface area contributed by atoms with Crippen molar-refractivity contribution in [3.63, 3.8) is 0 Å². The van der Waals surface area contributed by atoms with Gasteiger partial charge >= 0.3 is 0 Å². The topological polar surface area (TPSA) is 66.4 Å². The number of rotatable bonds is 4. The second-order valence-electron chi connectivity index (χ2n) is 4.38. The van der Waals surface area contributed by atoms with Gasteiger partial charge in [0.1, 0.15) is 11.5 Å². The first kappa shape index (κ1) is 15.5. The van der Waals surface area contributed by atoms with Crippen LogP contribution in [-0.4, -0.2) is 33.9 Å². The molecule has 4 heteroatoms. The zero-order valence-corrected chi connectivity index (χ0v) is 12.2. The minimum absolute atomic E-state index is 0.532. The standard InChI is InChI=1S/C13H19NO2.C2H5N/c1-9(5-6-14)11-7-12(15-3)10(2)13(8-11)16-4;1-2-3-1/h5,7-8H,6,14H2,1-4H3;3H,1-2H2/b9-5+;. The Kier molecular flexibility index (Phi) is 6.39. The van der Waals surface area contributed by atoms with Crippen molar-refractivity contribution in [2.75, 3.05) is 33.9 Å². The molecule has 0 aromatic heterocycles. The maximum atomic E-state index is 5.50. The Hall–Kier alpha value is -1.52. The number of nitrogens with one attached hydrogen (secondary N) is 1. The van der Waals surface area contributed by atoms with Crippen LogP contribution in [0, 0.1) is 6.92 Å². The Labute approximate surface area is 115 Å². The fourth-order valence-corrected chi connectivity index (χ4v) is 1.61. The first-order valence-electron chi connectivity index (χ1n) is 6.44. The number of methoxy groups -OCH3 is 2. The molecular weight excluding hydrogens is 240 g/mol. The van der Waals surface area contributed by atoms with Crippen LogP contribution < -0.4 is 20.5 Å². The van der Waals surface area contributed by atoms with Crippen molar-refractivity contribution in [3.05, 3.63) is 29.3 Å². The van der Waals surface area contributed by atoms with Crippen molar-refractivity contribution in [3.8, 4) is 11.5 Å². The maximum absolute atomic E-state index is 5.50. The zero-order chi connectivity index (χ0) is 14.3. The quantitative estimate of drug-likeness (QED) is 0.816. The van der Waals surface area contributed by atoms with E-state index in [0.717, 1.165) is 28.2 Å². The summed E-state index contributed by atoms with van der Waals surface area (Å²) in [6.45, 7) is 7.03. The van der Waals surface area contributed by atoms with Gasteiger partial charge in [0.05, 0.1) is 14.2 Å². The van der Waals surface area contributed by atoms with Crippen LogP contribution in [0.3, 0.4) is 0 Å². The highest BCUT2D eigenvalue weighted by Crippen LogP contribution is 2.32. The number of ether oxygens (including phenoxy) is 2. The average molecular weight is 264 g/mol. The third-order valence-electron chi connectivity index (χ3n) is 2.88. The predicted molar refractivity (Wildman–Crippen MR) is 79.9 cm³/mol. The van der Waals surface area contributed by atoms with Crippen molar-refractivity contribution < 1.29 is 9.47 Å². The summed E-state index contributed by atoms with van der Waals surface area (Å²) in [4.78, 5) is 0. The molecule has 106 valence electrons. The molecule has 0 unspecified atom stereocenters. The number of hydrogen-bond acceptors (Lipinski definition) is 4. The van der Waals surface area contributed by atoms with E-state index in [-0.39, 0.29) is 0 Å². The molecule has 3 N–H and O–H groups in total. The predicted octanol–water partition coefficient (Wildman–Crippen LogP) is 1.96. The van der Waals surface area contributed by atoms with E-state index in [9.17, 15) is 0 Å². The van der Waals surface area contributed by atoms with Gasteiger partial charge in [-0.2, -0.15) is 0 Å². The molecule has 1 fully saturated rings. The van der Waals surface area contributed by atoms with Crippen molar-refractivity contribution >= 4 is 5.57 Å². The van der Waals surface area contributed by atoms with Crippen LogP contribution in [0.1, 0.15) is 18.1 Å². The van der Waals surface area contributed by atoms with Crippen LogP contribution in [0.2, 0.25) is 0 Å². The monoisotopic (exact) mass is 264 g/mol. The number of benzene rings is 1. The summed E-state index contributed by atoms with van der Waals surface area (Å²) in [7, 11) is 3.32. The van der Waals surface area contributed by atoms with Gasteiger partial charge < -0.3 is 20.5 Å². The van der Waals surface area contributed by atoms with E-state index in [1.165, 1.54) is 13.1 Å². The van der Waals surface area contributed by atoms with Crippen molar-refractivity contribution in [2.45, 2.75) is 13.8 Å². The summed E-state index contributed by atoms with van der Waals surface area (Å²) >= 11 is 0. The Bertz CT molecular complexity index is 412. The minimum atomic E-state index is 0.532. The van der Waals surface area contributed by atoms with Crippen LogP contribution in [0.25, 0.3) is 5.57 Å². The molecule has 0 bridgehead atoms. The molecule has 1 aliphatic heterocycles. The minimum Gasteiger partial charge on any atom is -0.496 e. The van der Waals surface area contributed by atoms with Gasteiger partial charge in [-0.3, -0.25) is 0 Å². The molecule has 2 rings (SSSR count). The lowest BCUT2D eigenvalue weighted by molar-refractivity contribution is 0.388. The van der Waals surface area contributed by atoms with E-state index < -0.39 is 0 Å². The molecule has 0 saturated carbocycles. The van der Waals surface area contributed by atoms with Crippen LogP contribution >= 0.6 is 0 Å². The van der Waals surface area contributed by atoms with Gasteiger partial charge in [-0.05, 0) is 37.1 Å². The molecule has 0 radical (unpaired) electrons. The maximum Gasteiger partial charge on any atom is 0.126 e. The molecule has 0 atom stereocenters. The van der Waals surface area contributed by atoms with E-state index >= 15 is 0 Å². The lowest BCUT2D eigenvalue weighted by atomic mass is 10.0. The van der Waals surface area contributed by atoms with Crippen LogP contribution in [0.4, 0.5) is 0 Å². The summed E-state index contributed by atoms with van der Waals surface area (Å²) in [5, 5.41) is 3.00. The van der Waals surface area contributed by atoms with E-state index in [4.69, 9.17) is 15.2 Å².